The number of amides is 2. The number of aliphatic hydroxyl groups is 1. The van der Waals surface area contributed by atoms with Crippen molar-refractivity contribution in [2.24, 2.45) is 11.7 Å². The lowest BCUT2D eigenvalue weighted by Crippen LogP contribution is -2.49. The maximum absolute atomic E-state index is 11.6. The van der Waals surface area contributed by atoms with Gasteiger partial charge in [0.05, 0.1) is 19.2 Å². The number of hydrogen-bond donors (Lipinski definition) is 4. The first-order chi connectivity index (χ1) is 8.83. The van der Waals surface area contributed by atoms with Crippen molar-refractivity contribution in [3.05, 3.63) is 0 Å². The lowest BCUT2D eigenvalue weighted by molar-refractivity contribution is -0.127. The van der Waals surface area contributed by atoms with Crippen molar-refractivity contribution < 1.29 is 14.7 Å². The predicted octanol–water partition coefficient (Wildman–Crippen LogP) is -0.685. The van der Waals surface area contributed by atoms with E-state index in [1.165, 1.54) is 11.8 Å². The summed E-state index contributed by atoms with van der Waals surface area (Å²) in [6.07, 6.45) is 1.87. The summed E-state index contributed by atoms with van der Waals surface area (Å²) >= 11 is 1.48. The molecule has 0 aliphatic heterocycles. The molecule has 2 amide bonds. The summed E-state index contributed by atoms with van der Waals surface area (Å²) in [4.78, 5) is 23.2. The molecule has 0 spiro atoms. The molecule has 3 atom stereocenters. The molecule has 0 fully saturated rings. The standard InChI is InChI=1S/C12H25N3O3S/c1-7(2)11(13)12(18)14-5-10(17)15-8(3)9(6-16)19-4/h7-9,11,16H,5-6,13H2,1-4H3,(H,14,18)(H,15,17)/t8?,9?,11-/m0/s1. The molecule has 0 saturated carbocycles. The molecule has 112 valence electrons. The van der Waals surface area contributed by atoms with Gasteiger partial charge in [-0.2, -0.15) is 11.8 Å². The number of thioether (sulfide) groups is 1. The minimum atomic E-state index is -0.610. The molecule has 0 heterocycles. The van der Waals surface area contributed by atoms with Crippen molar-refractivity contribution in [2.75, 3.05) is 19.4 Å². The molecular weight excluding hydrogens is 266 g/mol. The lowest BCUT2D eigenvalue weighted by atomic mass is 10.1. The van der Waals surface area contributed by atoms with Crippen LogP contribution in [0.2, 0.25) is 0 Å². The van der Waals surface area contributed by atoms with E-state index < -0.39 is 6.04 Å². The Hall–Kier alpha value is -0.790. The number of carbonyl (C=O) groups is 2. The molecule has 7 heteroatoms. The minimum absolute atomic E-state index is 0.00675. The van der Waals surface area contributed by atoms with Crippen LogP contribution >= 0.6 is 11.8 Å². The van der Waals surface area contributed by atoms with E-state index in [0.29, 0.717) is 0 Å². The second kappa shape index (κ2) is 9.17. The van der Waals surface area contributed by atoms with E-state index in [0.717, 1.165) is 0 Å². The summed E-state index contributed by atoms with van der Waals surface area (Å²) in [7, 11) is 0. The van der Waals surface area contributed by atoms with E-state index in [1.54, 1.807) is 0 Å². The molecule has 0 bridgehead atoms. The van der Waals surface area contributed by atoms with Crippen molar-refractivity contribution in [1.29, 1.82) is 0 Å². The van der Waals surface area contributed by atoms with Crippen molar-refractivity contribution in [1.82, 2.24) is 10.6 Å². The van der Waals surface area contributed by atoms with Gasteiger partial charge in [0.2, 0.25) is 11.8 Å². The fourth-order valence-corrected chi connectivity index (χ4v) is 2.05. The van der Waals surface area contributed by atoms with Crippen LogP contribution in [0, 0.1) is 5.92 Å². The molecular formula is C12H25N3O3S. The summed E-state index contributed by atoms with van der Waals surface area (Å²) < 4.78 is 0. The fourth-order valence-electron chi connectivity index (χ4n) is 1.42. The van der Waals surface area contributed by atoms with Crippen molar-refractivity contribution in [3.63, 3.8) is 0 Å². The Bertz CT molecular complexity index is 296. The van der Waals surface area contributed by atoms with E-state index in [2.05, 4.69) is 10.6 Å². The molecule has 6 nitrogen and oxygen atoms in total. The summed E-state index contributed by atoms with van der Waals surface area (Å²) in [5.41, 5.74) is 5.66. The maximum atomic E-state index is 11.6. The first-order valence-electron chi connectivity index (χ1n) is 6.29. The minimum Gasteiger partial charge on any atom is -0.395 e. The summed E-state index contributed by atoms with van der Waals surface area (Å²) in [5, 5.41) is 14.3. The highest BCUT2D eigenvalue weighted by Crippen LogP contribution is 2.09. The van der Waals surface area contributed by atoms with Crippen molar-refractivity contribution in [3.8, 4) is 0 Å². The highest BCUT2D eigenvalue weighted by Gasteiger charge is 2.20. The van der Waals surface area contributed by atoms with Gasteiger partial charge < -0.3 is 21.5 Å². The second-order valence-electron chi connectivity index (χ2n) is 4.80. The normalized spacial score (nSPS) is 15.7. The van der Waals surface area contributed by atoms with Gasteiger partial charge in [-0.3, -0.25) is 9.59 Å². The SMILES string of the molecule is CSC(CO)C(C)NC(=O)CNC(=O)[C@@H](N)C(C)C. The average molecular weight is 291 g/mol. The molecule has 0 aliphatic rings. The van der Waals surface area contributed by atoms with E-state index >= 15 is 0 Å². The van der Waals surface area contributed by atoms with Gasteiger partial charge in [-0.05, 0) is 19.1 Å². The predicted molar refractivity (Wildman–Crippen MR) is 77.8 cm³/mol. The monoisotopic (exact) mass is 291 g/mol. The first kappa shape index (κ1) is 18.2. The van der Waals surface area contributed by atoms with E-state index in [9.17, 15) is 9.59 Å². The van der Waals surface area contributed by atoms with E-state index in [-0.39, 0.29) is 42.2 Å². The molecule has 0 aromatic heterocycles. The summed E-state index contributed by atoms with van der Waals surface area (Å²) in [5.74, 6) is -0.595. The number of hydrogen-bond acceptors (Lipinski definition) is 5. The van der Waals surface area contributed by atoms with Crippen LogP contribution in [0.1, 0.15) is 20.8 Å². The van der Waals surface area contributed by atoms with Crippen LogP contribution in [0.3, 0.4) is 0 Å². The fraction of sp³-hybridized carbons (Fsp3) is 0.833. The number of carbonyl (C=O) groups excluding carboxylic acids is 2. The van der Waals surface area contributed by atoms with Gasteiger partial charge in [0.25, 0.3) is 0 Å². The molecule has 0 radical (unpaired) electrons. The third kappa shape index (κ3) is 6.79. The molecule has 0 aromatic carbocycles. The topological polar surface area (TPSA) is 104 Å². The van der Waals surface area contributed by atoms with Crippen LogP contribution in [0.5, 0.6) is 0 Å². The van der Waals surface area contributed by atoms with E-state index in [4.69, 9.17) is 10.8 Å². The van der Waals surface area contributed by atoms with E-state index in [1.807, 2.05) is 27.0 Å². The second-order valence-corrected chi connectivity index (χ2v) is 5.88. The van der Waals surface area contributed by atoms with Gasteiger partial charge in [0, 0.05) is 11.3 Å². The Balaban J connectivity index is 4.09. The molecule has 2 unspecified atom stereocenters. The van der Waals surface area contributed by atoms with Gasteiger partial charge in [-0.25, -0.2) is 0 Å². The van der Waals surface area contributed by atoms with Gasteiger partial charge in [0.15, 0.2) is 0 Å². The molecule has 0 aromatic rings. The van der Waals surface area contributed by atoms with Crippen molar-refractivity contribution >= 4 is 23.6 Å². The summed E-state index contributed by atoms with van der Waals surface area (Å²) in [6, 6.07) is -0.773. The van der Waals surface area contributed by atoms with Crippen LogP contribution in [0.25, 0.3) is 0 Å². The zero-order chi connectivity index (χ0) is 15.0. The lowest BCUT2D eigenvalue weighted by Gasteiger charge is -2.21. The van der Waals surface area contributed by atoms with Crippen LogP contribution in [-0.2, 0) is 9.59 Å². The Labute approximate surface area is 118 Å². The third-order valence-electron chi connectivity index (χ3n) is 2.87. The zero-order valence-electron chi connectivity index (χ0n) is 12.0. The third-order valence-corrected chi connectivity index (χ3v) is 4.04. The average Bonchev–Trinajstić information content (AvgIpc) is 2.36. The first-order valence-corrected chi connectivity index (χ1v) is 7.58. The molecule has 0 rings (SSSR count). The largest absolute Gasteiger partial charge is 0.395 e. The van der Waals surface area contributed by atoms with Gasteiger partial charge >= 0.3 is 0 Å². The Morgan fingerprint density at radius 3 is 2.32 bits per heavy atom. The molecule has 0 saturated heterocycles. The number of aliphatic hydroxyl groups excluding tert-OH is 1. The summed E-state index contributed by atoms with van der Waals surface area (Å²) in [6.45, 7) is 5.40. The van der Waals surface area contributed by atoms with Gasteiger partial charge in [-0.1, -0.05) is 13.8 Å². The van der Waals surface area contributed by atoms with Crippen LogP contribution in [0.4, 0.5) is 0 Å². The van der Waals surface area contributed by atoms with Gasteiger partial charge in [-0.15, -0.1) is 0 Å². The molecule has 5 N–H and O–H groups in total. The Morgan fingerprint density at radius 1 is 1.32 bits per heavy atom. The van der Waals surface area contributed by atoms with Crippen LogP contribution < -0.4 is 16.4 Å². The maximum Gasteiger partial charge on any atom is 0.239 e. The highest BCUT2D eigenvalue weighted by atomic mass is 32.2. The number of rotatable bonds is 8. The Morgan fingerprint density at radius 2 is 1.89 bits per heavy atom. The van der Waals surface area contributed by atoms with Crippen molar-refractivity contribution in [2.45, 2.75) is 38.1 Å². The van der Waals surface area contributed by atoms with Crippen LogP contribution in [0.15, 0.2) is 0 Å². The zero-order valence-corrected chi connectivity index (χ0v) is 12.8. The number of nitrogens with one attached hydrogen (secondary N) is 2. The molecule has 19 heavy (non-hydrogen) atoms. The van der Waals surface area contributed by atoms with Gasteiger partial charge in [0.1, 0.15) is 0 Å². The van der Waals surface area contributed by atoms with Crippen LogP contribution in [-0.4, -0.2) is 53.7 Å². The Kier molecular flexibility index (Phi) is 8.79. The number of nitrogens with two attached hydrogens (primary N) is 1. The smallest absolute Gasteiger partial charge is 0.239 e. The highest BCUT2D eigenvalue weighted by molar-refractivity contribution is 7.99. The molecule has 0 aliphatic carbocycles. The quantitative estimate of drug-likeness (QED) is 0.474.